The molecule has 1 unspecified atom stereocenters. The van der Waals surface area contributed by atoms with Crippen molar-refractivity contribution in [2.24, 2.45) is 11.8 Å². The molecule has 7 heteroatoms. The fraction of sp³-hybridized carbons (Fsp3) is 0.357. The van der Waals surface area contributed by atoms with Crippen LogP contribution in [0.4, 0.5) is 10.5 Å². The molecule has 1 aromatic heterocycles. The van der Waals surface area contributed by atoms with Crippen LogP contribution in [0.3, 0.4) is 0 Å². The maximum atomic E-state index is 13.3. The lowest BCUT2D eigenvalue weighted by Gasteiger charge is -2.51. The monoisotopic (exact) mass is 472 g/mol. The first-order chi connectivity index (χ1) is 17.1. The number of amides is 2. The third-order valence-electron chi connectivity index (χ3n) is 7.49. The topological polar surface area (TPSA) is 75.7 Å². The van der Waals surface area contributed by atoms with Crippen molar-refractivity contribution < 1.29 is 14.3 Å². The second kappa shape index (κ2) is 9.96. The summed E-state index contributed by atoms with van der Waals surface area (Å²) in [5.74, 6) is 2.60. The largest absolute Gasteiger partial charge is 0.497 e. The standard InChI is InChI=1S/C28H32N4O3/c1-4-18-17-32-14-12-19(18)15-26(32)27(31-28(33)30-20-5-7-21(34-2)8-6-20)23-11-13-29-25-10-9-22(35-3)16-24(23)25/h4-11,13,16,18-19,26-27H,1,12,14-15,17H2,2-3H3,(H2,30,31,33)/t18-,19-,26-,27-/m0/s1. The molecule has 2 amide bonds. The number of carbonyl (C=O) groups excluding carboxylic acids is 1. The lowest BCUT2D eigenvalue weighted by Crippen LogP contribution is -2.57. The molecule has 3 aromatic rings. The third kappa shape index (κ3) is 4.68. The van der Waals surface area contributed by atoms with Gasteiger partial charge < -0.3 is 20.1 Å². The molecule has 3 aliphatic rings. The number of pyridine rings is 1. The fourth-order valence-corrected chi connectivity index (χ4v) is 5.63. The fourth-order valence-electron chi connectivity index (χ4n) is 5.63. The van der Waals surface area contributed by atoms with Crippen LogP contribution in [0.1, 0.15) is 24.4 Å². The molecule has 0 spiro atoms. The van der Waals surface area contributed by atoms with E-state index in [1.807, 2.05) is 54.7 Å². The van der Waals surface area contributed by atoms with Crippen molar-refractivity contribution in [3.05, 3.63) is 72.9 Å². The number of piperidine rings is 3. The normalized spacial score (nSPS) is 23.9. The number of aromatic nitrogens is 1. The number of urea groups is 1. The number of carbonyl (C=O) groups is 1. The van der Waals surface area contributed by atoms with Crippen molar-refractivity contribution in [1.29, 1.82) is 0 Å². The highest BCUT2D eigenvalue weighted by molar-refractivity contribution is 5.91. The summed E-state index contributed by atoms with van der Waals surface area (Å²) in [5.41, 5.74) is 2.64. The quantitative estimate of drug-likeness (QED) is 0.473. The summed E-state index contributed by atoms with van der Waals surface area (Å²) in [6.07, 6.45) is 6.10. The molecule has 5 atom stereocenters. The molecule has 7 nitrogen and oxygen atoms in total. The predicted octanol–water partition coefficient (Wildman–Crippen LogP) is 5.01. The maximum Gasteiger partial charge on any atom is 0.319 e. The van der Waals surface area contributed by atoms with Crippen LogP contribution in [0, 0.1) is 11.8 Å². The van der Waals surface area contributed by atoms with Crippen molar-refractivity contribution in [1.82, 2.24) is 15.2 Å². The average Bonchev–Trinajstić information content (AvgIpc) is 2.91. The Morgan fingerprint density at radius 3 is 2.60 bits per heavy atom. The van der Waals surface area contributed by atoms with Crippen molar-refractivity contribution in [3.8, 4) is 11.5 Å². The summed E-state index contributed by atoms with van der Waals surface area (Å²) >= 11 is 0. The van der Waals surface area contributed by atoms with Gasteiger partial charge in [0.05, 0.1) is 25.8 Å². The summed E-state index contributed by atoms with van der Waals surface area (Å²) < 4.78 is 10.7. The predicted molar refractivity (Wildman–Crippen MR) is 138 cm³/mol. The van der Waals surface area contributed by atoms with E-state index in [0.29, 0.717) is 17.5 Å². The Kier molecular flexibility index (Phi) is 6.59. The number of fused-ring (bicyclic) bond motifs is 4. The summed E-state index contributed by atoms with van der Waals surface area (Å²) in [7, 11) is 3.29. The van der Waals surface area contributed by atoms with Crippen LogP contribution in [-0.4, -0.2) is 49.3 Å². The Morgan fingerprint density at radius 2 is 1.91 bits per heavy atom. The maximum absolute atomic E-state index is 13.3. The zero-order chi connectivity index (χ0) is 24.4. The molecule has 0 aliphatic carbocycles. The van der Waals surface area contributed by atoms with Crippen LogP contribution in [0.2, 0.25) is 0 Å². The Balaban J connectivity index is 1.48. The zero-order valence-electron chi connectivity index (χ0n) is 20.2. The minimum atomic E-state index is -0.240. The Bertz CT molecular complexity index is 1210. The molecular weight excluding hydrogens is 440 g/mol. The molecule has 0 saturated carbocycles. The van der Waals surface area contributed by atoms with E-state index >= 15 is 0 Å². The van der Waals surface area contributed by atoms with Crippen LogP contribution >= 0.6 is 0 Å². The number of nitrogens with zero attached hydrogens (tertiary/aromatic N) is 2. The molecule has 2 aromatic carbocycles. The minimum Gasteiger partial charge on any atom is -0.497 e. The van der Waals surface area contributed by atoms with Gasteiger partial charge in [-0.1, -0.05) is 6.08 Å². The van der Waals surface area contributed by atoms with Gasteiger partial charge >= 0.3 is 6.03 Å². The number of ether oxygens (including phenoxy) is 2. The summed E-state index contributed by atoms with van der Waals surface area (Å²) in [6, 6.07) is 15.0. The highest BCUT2D eigenvalue weighted by Gasteiger charge is 2.43. The molecule has 6 rings (SSSR count). The average molecular weight is 473 g/mol. The SMILES string of the molecule is C=C[C@H]1CN2CC[C@H]1C[C@H]2[C@@H](NC(=O)Nc1ccc(OC)cc1)c1ccnc2ccc(OC)cc12. The second-order valence-electron chi connectivity index (χ2n) is 9.33. The molecular formula is C28H32N4O3. The van der Waals surface area contributed by atoms with E-state index in [2.05, 4.69) is 33.2 Å². The Labute approximate surface area is 206 Å². The molecule has 3 fully saturated rings. The first-order valence-corrected chi connectivity index (χ1v) is 12.1. The van der Waals surface area contributed by atoms with Crippen LogP contribution in [0.25, 0.3) is 10.9 Å². The van der Waals surface area contributed by atoms with Gasteiger partial charge in [0.15, 0.2) is 0 Å². The van der Waals surface area contributed by atoms with Crippen LogP contribution < -0.4 is 20.1 Å². The van der Waals surface area contributed by atoms with Gasteiger partial charge in [0.1, 0.15) is 11.5 Å². The van der Waals surface area contributed by atoms with E-state index in [4.69, 9.17) is 9.47 Å². The molecule has 2 bridgehead atoms. The molecule has 3 aliphatic heterocycles. The lowest BCUT2D eigenvalue weighted by atomic mass is 9.73. The number of rotatable bonds is 7. The summed E-state index contributed by atoms with van der Waals surface area (Å²) in [4.78, 5) is 20.3. The highest BCUT2D eigenvalue weighted by Crippen LogP contribution is 2.42. The van der Waals surface area contributed by atoms with Gasteiger partial charge in [0, 0.05) is 29.9 Å². The molecule has 35 heavy (non-hydrogen) atoms. The Morgan fingerprint density at radius 1 is 1.14 bits per heavy atom. The molecule has 2 N–H and O–H groups in total. The van der Waals surface area contributed by atoms with Crippen LogP contribution in [0.15, 0.2) is 67.4 Å². The van der Waals surface area contributed by atoms with Crippen LogP contribution in [0.5, 0.6) is 11.5 Å². The highest BCUT2D eigenvalue weighted by atomic mass is 16.5. The Hall–Kier alpha value is -3.58. The van der Waals surface area contributed by atoms with Crippen molar-refractivity contribution >= 4 is 22.6 Å². The number of methoxy groups -OCH3 is 2. The number of anilines is 1. The smallest absolute Gasteiger partial charge is 0.319 e. The van der Waals surface area contributed by atoms with Gasteiger partial charge in [-0.25, -0.2) is 4.79 Å². The minimum absolute atomic E-state index is 0.184. The number of hydrogen-bond acceptors (Lipinski definition) is 5. The molecule has 0 radical (unpaired) electrons. The van der Waals surface area contributed by atoms with Gasteiger partial charge in [-0.15, -0.1) is 6.58 Å². The van der Waals surface area contributed by atoms with Gasteiger partial charge in [-0.3, -0.25) is 9.88 Å². The number of benzene rings is 2. The van der Waals surface area contributed by atoms with E-state index < -0.39 is 0 Å². The van der Waals surface area contributed by atoms with Crippen molar-refractivity contribution in [2.75, 3.05) is 32.6 Å². The summed E-state index contributed by atoms with van der Waals surface area (Å²) in [5, 5.41) is 7.29. The van der Waals surface area contributed by atoms with Crippen molar-refractivity contribution in [2.45, 2.75) is 24.9 Å². The zero-order valence-corrected chi connectivity index (χ0v) is 20.2. The van der Waals surface area contributed by atoms with Crippen LogP contribution in [-0.2, 0) is 0 Å². The van der Waals surface area contributed by atoms with Gasteiger partial charge in [0.2, 0.25) is 0 Å². The first-order valence-electron chi connectivity index (χ1n) is 12.1. The first kappa shape index (κ1) is 23.2. The van der Waals surface area contributed by atoms with E-state index in [0.717, 1.165) is 47.5 Å². The van der Waals surface area contributed by atoms with E-state index in [1.54, 1.807) is 14.2 Å². The van der Waals surface area contributed by atoms with Gasteiger partial charge in [-0.2, -0.15) is 0 Å². The molecule has 4 heterocycles. The third-order valence-corrected chi connectivity index (χ3v) is 7.49. The van der Waals surface area contributed by atoms with Gasteiger partial charge in [-0.05, 0) is 85.3 Å². The van der Waals surface area contributed by atoms with Gasteiger partial charge in [0.25, 0.3) is 0 Å². The van der Waals surface area contributed by atoms with E-state index in [1.165, 1.54) is 6.42 Å². The lowest BCUT2D eigenvalue weighted by molar-refractivity contribution is 0.00340. The second-order valence-corrected chi connectivity index (χ2v) is 9.33. The molecule has 182 valence electrons. The van der Waals surface area contributed by atoms with E-state index in [9.17, 15) is 4.79 Å². The number of hydrogen-bond donors (Lipinski definition) is 2. The van der Waals surface area contributed by atoms with Crippen molar-refractivity contribution in [3.63, 3.8) is 0 Å². The molecule has 3 saturated heterocycles. The van der Waals surface area contributed by atoms with E-state index in [-0.39, 0.29) is 18.1 Å². The number of nitrogens with one attached hydrogen (secondary N) is 2. The summed E-state index contributed by atoms with van der Waals surface area (Å²) in [6.45, 7) is 6.07.